The van der Waals surface area contributed by atoms with Crippen LogP contribution < -0.4 is 5.11 Å². The van der Waals surface area contributed by atoms with E-state index in [2.05, 4.69) is 20.8 Å². The molecule has 0 saturated heterocycles. The maximum atomic E-state index is 11.4. The molecule has 0 bridgehead atoms. The van der Waals surface area contributed by atoms with E-state index in [0.717, 1.165) is 32.1 Å². The quantitative estimate of drug-likeness (QED) is 0.165. The van der Waals surface area contributed by atoms with Crippen molar-refractivity contribution in [2.75, 3.05) is 0 Å². The number of unbranched alkanes of at least 4 members (excludes halogenated alkanes) is 15. The summed E-state index contributed by atoms with van der Waals surface area (Å²) in [5.74, 6) is -1.03. The lowest BCUT2D eigenvalue weighted by Gasteiger charge is -2.25. The highest BCUT2D eigenvalue weighted by Crippen LogP contribution is 2.17. The third-order valence-corrected chi connectivity index (χ3v) is 6.02. The zero-order valence-corrected chi connectivity index (χ0v) is 20.0. The van der Waals surface area contributed by atoms with Gasteiger partial charge in [0, 0.05) is 0 Å². The van der Waals surface area contributed by atoms with Gasteiger partial charge in [0.2, 0.25) is 0 Å². The largest absolute Gasteiger partial charge is 0.547 e. The van der Waals surface area contributed by atoms with Crippen LogP contribution in [0.25, 0.3) is 0 Å². The van der Waals surface area contributed by atoms with Gasteiger partial charge in [-0.2, -0.15) is 0 Å². The van der Waals surface area contributed by atoms with Crippen molar-refractivity contribution >= 4 is 5.97 Å². The minimum absolute atomic E-state index is 0.0658. The first-order valence-corrected chi connectivity index (χ1v) is 13.0. The summed E-state index contributed by atoms with van der Waals surface area (Å²) in [5, 5.41) is 11.4. The van der Waals surface area contributed by atoms with E-state index in [-0.39, 0.29) is 6.10 Å². The normalized spacial score (nSPS) is 13.5. The second-order valence-electron chi connectivity index (χ2n) is 8.85. The fraction of sp³-hybridized carbons (Fsp3) is 0.962. The van der Waals surface area contributed by atoms with Crippen LogP contribution in [0.1, 0.15) is 149 Å². The molecule has 0 radical (unpaired) electrons. The summed E-state index contributed by atoms with van der Waals surface area (Å²) in [7, 11) is 0. The van der Waals surface area contributed by atoms with Gasteiger partial charge in [0.1, 0.15) is 0 Å². The van der Waals surface area contributed by atoms with Gasteiger partial charge >= 0.3 is 0 Å². The van der Waals surface area contributed by atoms with Gasteiger partial charge < -0.3 is 14.6 Å². The van der Waals surface area contributed by atoms with Gasteiger partial charge in [0.15, 0.2) is 0 Å². The summed E-state index contributed by atoms with van der Waals surface area (Å²) in [5.41, 5.74) is 0. The van der Waals surface area contributed by atoms with Gasteiger partial charge in [-0.25, -0.2) is 0 Å². The summed E-state index contributed by atoms with van der Waals surface area (Å²) >= 11 is 0. The molecular weight excluding hydrogens is 360 g/mol. The molecule has 174 valence electrons. The van der Waals surface area contributed by atoms with Crippen LogP contribution in [0.15, 0.2) is 0 Å². The molecule has 3 nitrogen and oxygen atoms in total. The van der Waals surface area contributed by atoms with E-state index in [9.17, 15) is 9.90 Å². The van der Waals surface area contributed by atoms with Gasteiger partial charge in [-0.1, -0.05) is 130 Å². The van der Waals surface area contributed by atoms with E-state index < -0.39 is 12.1 Å². The molecule has 0 fully saturated rings. The summed E-state index contributed by atoms with van der Waals surface area (Å²) in [6, 6.07) is 0. The van der Waals surface area contributed by atoms with Crippen molar-refractivity contribution in [1.82, 2.24) is 0 Å². The molecule has 0 aromatic rings. The van der Waals surface area contributed by atoms with Crippen LogP contribution in [0.3, 0.4) is 0 Å². The topological polar surface area (TPSA) is 49.4 Å². The van der Waals surface area contributed by atoms with E-state index in [1.54, 1.807) is 0 Å². The molecular formula is C26H51O3-. The molecule has 0 rings (SSSR count). The van der Waals surface area contributed by atoms with Gasteiger partial charge in [-0.3, -0.25) is 0 Å². The Bertz CT molecular complexity index is 343. The average molecular weight is 412 g/mol. The van der Waals surface area contributed by atoms with Crippen molar-refractivity contribution in [3.63, 3.8) is 0 Å². The maximum Gasteiger partial charge on any atom is 0.0972 e. The Hall–Kier alpha value is -0.570. The first kappa shape index (κ1) is 28.4. The number of carbonyl (C=O) groups excluding carboxylic acids is 1. The SMILES string of the molecule is CCCCCCCCCCCCCCCCC(OC(CC)CCCCC)C(=O)[O-]. The van der Waals surface area contributed by atoms with Crippen molar-refractivity contribution in [2.24, 2.45) is 0 Å². The zero-order chi connectivity index (χ0) is 21.6. The number of aliphatic carboxylic acids is 1. The van der Waals surface area contributed by atoms with Crippen molar-refractivity contribution in [3.8, 4) is 0 Å². The molecule has 0 N–H and O–H groups in total. The van der Waals surface area contributed by atoms with Crippen LogP contribution in [-0.2, 0) is 9.53 Å². The minimum Gasteiger partial charge on any atom is -0.547 e. The molecule has 0 heterocycles. The first-order valence-electron chi connectivity index (χ1n) is 13.0. The number of hydrogen-bond acceptors (Lipinski definition) is 3. The third kappa shape index (κ3) is 19.2. The molecule has 0 aliphatic heterocycles. The molecule has 29 heavy (non-hydrogen) atoms. The van der Waals surface area contributed by atoms with Crippen LogP contribution in [0, 0.1) is 0 Å². The van der Waals surface area contributed by atoms with Crippen molar-refractivity contribution in [1.29, 1.82) is 0 Å². The van der Waals surface area contributed by atoms with Gasteiger partial charge in [-0.15, -0.1) is 0 Å². The fourth-order valence-electron chi connectivity index (χ4n) is 3.99. The van der Waals surface area contributed by atoms with Crippen molar-refractivity contribution < 1.29 is 14.6 Å². The maximum absolute atomic E-state index is 11.4. The monoisotopic (exact) mass is 411 g/mol. The summed E-state index contributed by atoms with van der Waals surface area (Å²) in [6.07, 6.45) is 23.7. The lowest BCUT2D eigenvalue weighted by Crippen LogP contribution is -2.39. The molecule has 0 aromatic carbocycles. The van der Waals surface area contributed by atoms with E-state index in [0.29, 0.717) is 6.42 Å². The Morgan fingerprint density at radius 2 is 1.00 bits per heavy atom. The van der Waals surface area contributed by atoms with Gasteiger partial charge in [-0.05, 0) is 19.3 Å². The van der Waals surface area contributed by atoms with Crippen LogP contribution >= 0.6 is 0 Å². The second-order valence-corrected chi connectivity index (χ2v) is 8.85. The molecule has 0 aromatic heterocycles. The van der Waals surface area contributed by atoms with E-state index in [1.807, 2.05) is 0 Å². The molecule has 2 atom stereocenters. The number of carboxylic acids is 1. The molecule has 0 aliphatic carbocycles. The summed E-state index contributed by atoms with van der Waals surface area (Å²) in [4.78, 5) is 11.4. The number of carbonyl (C=O) groups is 1. The van der Waals surface area contributed by atoms with Crippen molar-refractivity contribution in [3.05, 3.63) is 0 Å². The Morgan fingerprint density at radius 3 is 1.41 bits per heavy atom. The van der Waals surface area contributed by atoms with E-state index >= 15 is 0 Å². The van der Waals surface area contributed by atoms with Crippen LogP contribution in [0.5, 0.6) is 0 Å². The molecule has 2 unspecified atom stereocenters. The van der Waals surface area contributed by atoms with Crippen molar-refractivity contribution in [2.45, 2.75) is 161 Å². The summed E-state index contributed by atoms with van der Waals surface area (Å²) < 4.78 is 5.86. The molecule has 0 saturated carbocycles. The Kier molecular flexibility index (Phi) is 21.7. The highest BCUT2D eigenvalue weighted by molar-refractivity contribution is 5.69. The highest BCUT2D eigenvalue weighted by atomic mass is 16.5. The average Bonchev–Trinajstić information content (AvgIpc) is 2.71. The summed E-state index contributed by atoms with van der Waals surface area (Å²) in [6.45, 7) is 6.53. The molecule has 0 spiro atoms. The third-order valence-electron chi connectivity index (χ3n) is 6.02. The fourth-order valence-corrected chi connectivity index (χ4v) is 3.99. The first-order chi connectivity index (χ1) is 14.2. The lowest BCUT2D eigenvalue weighted by molar-refractivity contribution is -0.318. The van der Waals surface area contributed by atoms with Crippen LogP contribution in [0.2, 0.25) is 0 Å². The Labute approximate surface area is 182 Å². The zero-order valence-electron chi connectivity index (χ0n) is 20.0. The standard InChI is InChI=1S/C26H52O3/c1-4-7-9-10-11-12-13-14-15-16-17-18-19-21-23-25(26(27)28)29-24(6-3)22-20-8-5-2/h24-25H,4-23H2,1-3H3,(H,27,28)/p-1. The number of hydrogen-bond donors (Lipinski definition) is 0. The number of ether oxygens (including phenoxy) is 1. The number of rotatable bonds is 23. The van der Waals surface area contributed by atoms with E-state index in [4.69, 9.17) is 4.74 Å². The lowest BCUT2D eigenvalue weighted by atomic mass is 10.0. The second kappa shape index (κ2) is 22.1. The smallest absolute Gasteiger partial charge is 0.0972 e. The van der Waals surface area contributed by atoms with Gasteiger partial charge in [0.05, 0.1) is 18.2 Å². The predicted molar refractivity (Wildman–Crippen MR) is 123 cm³/mol. The minimum atomic E-state index is -1.03. The number of carboxylic acid groups (broad SMARTS) is 1. The molecule has 0 amide bonds. The Morgan fingerprint density at radius 1 is 0.621 bits per heavy atom. The van der Waals surface area contributed by atoms with E-state index in [1.165, 1.54) is 89.9 Å². The van der Waals surface area contributed by atoms with Crippen LogP contribution in [-0.4, -0.2) is 18.2 Å². The van der Waals surface area contributed by atoms with Crippen LogP contribution in [0.4, 0.5) is 0 Å². The molecule has 0 aliphatic rings. The molecule has 3 heteroatoms. The Balaban J connectivity index is 3.61. The van der Waals surface area contributed by atoms with Gasteiger partial charge in [0.25, 0.3) is 0 Å². The predicted octanol–water partition coefficient (Wildman–Crippen LogP) is 7.35. The highest BCUT2D eigenvalue weighted by Gasteiger charge is 2.16.